The fourth-order valence-corrected chi connectivity index (χ4v) is 2.23. The molecule has 1 heterocycles. The van der Waals surface area contributed by atoms with Crippen molar-refractivity contribution in [1.29, 1.82) is 0 Å². The fourth-order valence-electron chi connectivity index (χ4n) is 1.92. The van der Waals surface area contributed by atoms with Crippen LogP contribution in [-0.2, 0) is 6.54 Å². The summed E-state index contributed by atoms with van der Waals surface area (Å²) in [6, 6.07) is 15.0. The summed E-state index contributed by atoms with van der Waals surface area (Å²) in [6.45, 7) is 0.612. The molecule has 2 N–H and O–H groups in total. The Labute approximate surface area is 143 Å². The number of nitrogens with zero attached hydrogens (tertiary/aromatic N) is 3. The van der Waals surface area contributed by atoms with E-state index in [2.05, 4.69) is 25.8 Å². The predicted molar refractivity (Wildman–Crippen MR) is 93.3 cm³/mol. The minimum absolute atomic E-state index is 0.374. The van der Waals surface area contributed by atoms with Crippen LogP contribution in [-0.4, -0.2) is 15.2 Å². The van der Waals surface area contributed by atoms with E-state index >= 15 is 0 Å². The van der Waals surface area contributed by atoms with Gasteiger partial charge in [0.25, 0.3) is 0 Å². The SMILES string of the molecule is Clc1ccc(CNc2cnnc(Nc3ccccc3Cl)n2)cc1. The fraction of sp³-hybridized carbons (Fsp3) is 0.0625. The molecule has 0 atom stereocenters. The highest BCUT2D eigenvalue weighted by molar-refractivity contribution is 6.33. The topological polar surface area (TPSA) is 62.7 Å². The van der Waals surface area contributed by atoms with Gasteiger partial charge in [-0.1, -0.05) is 47.5 Å². The molecule has 7 heteroatoms. The summed E-state index contributed by atoms with van der Waals surface area (Å²) in [6.07, 6.45) is 1.56. The smallest absolute Gasteiger partial charge is 0.249 e. The van der Waals surface area contributed by atoms with E-state index in [4.69, 9.17) is 23.2 Å². The van der Waals surface area contributed by atoms with Crippen LogP contribution in [0.2, 0.25) is 10.0 Å². The number of hydrogen-bond acceptors (Lipinski definition) is 5. The zero-order valence-corrected chi connectivity index (χ0v) is 13.5. The number of benzene rings is 2. The van der Waals surface area contributed by atoms with Crippen molar-refractivity contribution in [2.24, 2.45) is 0 Å². The van der Waals surface area contributed by atoms with Gasteiger partial charge in [0.15, 0.2) is 5.82 Å². The number of aromatic nitrogens is 3. The summed E-state index contributed by atoms with van der Waals surface area (Å²) in [5, 5.41) is 15.4. The molecule has 0 aliphatic rings. The first-order chi connectivity index (χ1) is 11.2. The number of halogens is 2. The lowest BCUT2D eigenvalue weighted by molar-refractivity contribution is 0.966. The third-order valence-corrected chi connectivity index (χ3v) is 3.65. The highest BCUT2D eigenvalue weighted by Gasteiger charge is 2.04. The van der Waals surface area contributed by atoms with Gasteiger partial charge in [-0.3, -0.25) is 0 Å². The van der Waals surface area contributed by atoms with Crippen molar-refractivity contribution in [3.63, 3.8) is 0 Å². The minimum Gasteiger partial charge on any atom is -0.365 e. The van der Waals surface area contributed by atoms with Gasteiger partial charge in [-0.05, 0) is 29.8 Å². The van der Waals surface area contributed by atoms with Gasteiger partial charge in [-0.15, -0.1) is 5.10 Å². The number of hydrogen-bond donors (Lipinski definition) is 2. The van der Waals surface area contributed by atoms with Gasteiger partial charge >= 0.3 is 0 Å². The molecule has 0 spiro atoms. The van der Waals surface area contributed by atoms with Gasteiger partial charge < -0.3 is 10.6 Å². The van der Waals surface area contributed by atoms with Crippen LogP contribution >= 0.6 is 23.2 Å². The van der Waals surface area contributed by atoms with Gasteiger partial charge in [0.05, 0.1) is 16.9 Å². The molecule has 3 rings (SSSR count). The Hall–Kier alpha value is -2.37. The lowest BCUT2D eigenvalue weighted by Gasteiger charge is -2.08. The van der Waals surface area contributed by atoms with E-state index in [0.717, 1.165) is 11.3 Å². The Balaban J connectivity index is 1.67. The molecule has 0 fully saturated rings. The van der Waals surface area contributed by atoms with Crippen LogP contribution in [0.15, 0.2) is 54.7 Å². The molecule has 5 nitrogen and oxygen atoms in total. The van der Waals surface area contributed by atoms with E-state index in [1.165, 1.54) is 0 Å². The number of nitrogens with one attached hydrogen (secondary N) is 2. The van der Waals surface area contributed by atoms with E-state index in [1.54, 1.807) is 12.3 Å². The Morgan fingerprint density at radius 1 is 0.957 bits per heavy atom. The van der Waals surface area contributed by atoms with Crippen molar-refractivity contribution in [2.45, 2.75) is 6.54 Å². The molecule has 0 saturated heterocycles. The largest absolute Gasteiger partial charge is 0.365 e. The molecular formula is C16H13Cl2N5. The van der Waals surface area contributed by atoms with Crippen molar-refractivity contribution in [1.82, 2.24) is 15.2 Å². The summed E-state index contributed by atoms with van der Waals surface area (Å²) in [5.41, 5.74) is 1.82. The van der Waals surface area contributed by atoms with Gasteiger partial charge in [-0.25, -0.2) is 0 Å². The number of anilines is 3. The maximum absolute atomic E-state index is 6.10. The Kier molecular flexibility index (Phi) is 4.90. The average Bonchev–Trinajstić information content (AvgIpc) is 2.57. The first-order valence-corrected chi connectivity index (χ1v) is 7.66. The summed E-state index contributed by atoms with van der Waals surface area (Å²) in [4.78, 5) is 4.36. The van der Waals surface area contributed by atoms with Crippen LogP contribution < -0.4 is 10.6 Å². The third kappa shape index (κ3) is 4.31. The average molecular weight is 346 g/mol. The highest BCUT2D eigenvalue weighted by atomic mass is 35.5. The van der Waals surface area contributed by atoms with E-state index in [9.17, 15) is 0 Å². The summed E-state index contributed by atoms with van der Waals surface area (Å²) < 4.78 is 0. The maximum atomic E-state index is 6.10. The van der Waals surface area contributed by atoms with E-state index < -0.39 is 0 Å². The molecule has 0 radical (unpaired) electrons. The summed E-state index contributed by atoms with van der Waals surface area (Å²) in [5.74, 6) is 0.990. The minimum atomic E-state index is 0.374. The highest BCUT2D eigenvalue weighted by Crippen LogP contribution is 2.23. The van der Waals surface area contributed by atoms with E-state index in [1.807, 2.05) is 42.5 Å². The van der Waals surface area contributed by atoms with Crippen LogP contribution in [0.5, 0.6) is 0 Å². The van der Waals surface area contributed by atoms with Crippen molar-refractivity contribution in [3.8, 4) is 0 Å². The Morgan fingerprint density at radius 3 is 2.52 bits per heavy atom. The molecule has 0 aliphatic heterocycles. The molecule has 0 aliphatic carbocycles. The van der Waals surface area contributed by atoms with Crippen LogP contribution in [0.4, 0.5) is 17.5 Å². The van der Waals surface area contributed by atoms with Gasteiger partial charge in [-0.2, -0.15) is 10.1 Å². The van der Waals surface area contributed by atoms with Gasteiger partial charge in [0.2, 0.25) is 5.95 Å². The zero-order chi connectivity index (χ0) is 16.1. The molecule has 116 valence electrons. The first-order valence-electron chi connectivity index (χ1n) is 6.90. The number of rotatable bonds is 5. The lowest BCUT2D eigenvalue weighted by atomic mass is 10.2. The molecular weight excluding hydrogens is 333 g/mol. The second-order valence-electron chi connectivity index (χ2n) is 4.75. The van der Waals surface area contributed by atoms with Crippen molar-refractivity contribution >= 4 is 40.7 Å². The van der Waals surface area contributed by atoms with Crippen LogP contribution in [0.25, 0.3) is 0 Å². The molecule has 23 heavy (non-hydrogen) atoms. The Morgan fingerprint density at radius 2 is 1.74 bits per heavy atom. The Bertz CT molecular complexity index is 792. The second-order valence-corrected chi connectivity index (χ2v) is 5.59. The summed E-state index contributed by atoms with van der Waals surface area (Å²) >= 11 is 12.0. The molecule has 0 unspecified atom stereocenters. The van der Waals surface area contributed by atoms with E-state index in [0.29, 0.717) is 28.4 Å². The van der Waals surface area contributed by atoms with Gasteiger partial charge in [0.1, 0.15) is 0 Å². The second kappa shape index (κ2) is 7.26. The van der Waals surface area contributed by atoms with Crippen LogP contribution in [0.1, 0.15) is 5.56 Å². The first kappa shape index (κ1) is 15.5. The van der Waals surface area contributed by atoms with E-state index in [-0.39, 0.29) is 0 Å². The third-order valence-electron chi connectivity index (χ3n) is 3.07. The number of para-hydroxylation sites is 1. The van der Waals surface area contributed by atoms with Crippen LogP contribution in [0.3, 0.4) is 0 Å². The molecule has 1 aromatic heterocycles. The monoisotopic (exact) mass is 345 g/mol. The van der Waals surface area contributed by atoms with Gasteiger partial charge in [0, 0.05) is 11.6 Å². The summed E-state index contributed by atoms with van der Waals surface area (Å²) in [7, 11) is 0. The quantitative estimate of drug-likeness (QED) is 0.710. The molecule has 0 saturated carbocycles. The predicted octanol–water partition coefficient (Wildman–Crippen LogP) is 4.53. The normalized spacial score (nSPS) is 10.3. The molecule has 2 aromatic carbocycles. The molecule has 0 amide bonds. The zero-order valence-electron chi connectivity index (χ0n) is 12.0. The van der Waals surface area contributed by atoms with Crippen molar-refractivity contribution in [3.05, 3.63) is 70.3 Å². The standard InChI is InChI=1S/C16H13Cl2N5/c17-12-7-5-11(6-8-12)9-19-15-10-20-23-16(22-15)21-14-4-2-1-3-13(14)18/h1-8,10H,9H2,(H2,19,21,22,23). The van der Waals surface area contributed by atoms with Crippen molar-refractivity contribution in [2.75, 3.05) is 10.6 Å². The van der Waals surface area contributed by atoms with Crippen LogP contribution in [0, 0.1) is 0 Å². The maximum Gasteiger partial charge on any atom is 0.249 e. The van der Waals surface area contributed by atoms with Crippen molar-refractivity contribution < 1.29 is 0 Å². The lowest BCUT2D eigenvalue weighted by Crippen LogP contribution is -2.05. The molecule has 0 bridgehead atoms. The molecule has 3 aromatic rings.